The maximum Gasteiger partial charge on any atom is 0.338 e. The lowest BCUT2D eigenvalue weighted by atomic mass is 9.44. The predicted molar refractivity (Wildman–Crippen MR) is 191 cm³/mol. The highest BCUT2D eigenvalue weighted by atomic mass is 16.6. The highest BCUT2D eigenvalue weighted by Gasteiger charge is 2.89. The number of likely N-dealkylation sites (tertiary alicyclic amines) is 1. The summed E-state index contributed by atoms with van der Waals surface area (Å²) in [5.74, 6) is -1.45. The van der Waals surface area contributed by atoms with E-state index in [1.54, 1.807) is 91.2 Å². The van der Waals surface area contributed by atoms with Crippen molar-refractivity contribution in [3.63, 3.8) is 0 Å². The van der Waals surface area contributed by atoms with E-state index in [1.807, 2.05) is 0 Å². The number of ether oxygens (including phenoxy) is 8. The number of benzene rings is 2. The molecule has 286 valence electrons. The van der Waals surface area contributed by atoms with Crippen LogP contribution in [-0.4, -0.2) is 126 Å². The minimum atomic E-state index is -1.60. The molecule has 2 aromatic carbocycles. The summed E-state index contributed by atoms with van der Waals surface area (Å²) in [7, 11) is 9.88. The van der Waals surface area contributed by atoms with Gasteiger partial charge in [-0.3, -0.25) is 4.90 Å². The predicted octanol–water partition coefficient (Wildman–Crippen LogP) is 3.79. The molecule has 5 aliphatic carbocycles. The van der Waals surface area contributed by atoms with Crippen molar-refractivity contribution in [2.75, 3.05) is 62.4 Å². The smallest absolute Gasteiger partial charge is 0.338 e. The summed E-state index contributed by atoms with van der Waals surface area (Å²) in [6, 6.07) is 13.3. The number of carbonyl (C=O) groups excluding carboxylic acids is 2. The minimum absolute atomic E-state index is 0.138. The van der Waals surface area contributed by atoms with Gasteiger partial charge in [0.2, 0.25) is 0 Å². The van der Waals surface area contributed by atoms with Crippen molar-refractivity contribution in [2.24, 2.45) is 34.5 Å². The van der Waals surface area contributed by atoms with E-state index in [1.165, 1.54) is 0 Å². The molecule has 53 heavy (non-hydrogen) atoms. The Balaban J connectivity index is 1.36. The number of fused-ring (bicyclic) bond motifs is 2. The molecule has 7 bridgehead atoms. The highest BCUT2D eigenvalue weighted by Crippen LogP contribution is 2.80. The van der Waals surface area contributed by atoms with Crippen molar-refractivity contribution >= 4 is 11.9 Å². The number of nitrogens with zero attached hydrogens (tertiary/aromatic N) is 1. The van der Waals surface area contributed by atoms with E-state index in [2.05, 4.69) is 24.0 Å². The van der Waals surface area contributed by atoms with Crippen LogP contribution >= 0.6 is 0 Å². The lowest BCUT2D eigenvalue weighted by molar-refractivity contribution is -0.268. The summed E-state index contributed by atoms with van der Waals surface area (Å²) in [6.45, 7) is 4.03. The van der Waals surface area contributed by atoms with Crippen LogP contribution in [0.25, 0.3) is 0 Å². The third-order valence-electron chi connectivity index (χ3n) is 14.1. The number of rotatable bonds is 12. The van der Waals surface area contributed by atoms with E-state index in [0.717, 1.165) is 6.54 Å². The SMILES string of the molecule is CCN1C[C@]2(COC)C=C[C@H](OC)[C@@]34[C@@H]5C[C@@]6(O)[C@@H](OC)C[C@@](OC(=O)c7ccc(OC)cc7)([C@H]5[C@H]6OC(=O)c5ccc(OC)cc5)[C@@H]([C@H](OC)[C@H]23)[C@@H]14. The number of hydrogen-bond acceptors (Lipinski definition) is 12. The van der Waals surface area contributed by atoms with Gasteiger partial charge in [0.05, 0.1) is 50.3 Å². The van der Waals surface area contributed by atoms with Gasteiger partial charge in [-0.25, -0.2) is 9.59 Å². The van der Waals surface area contributed by atoms with Crippen LogP contribution in [0.15, 0.2) is 60.7 Å². The van der Waals surface area contributed by atoms with E-state index in [9.17, 15) is 14.7 Å². The monoisotopic (exact) mass is 733 g/mol. The van der Waals surface area contributed by atoms with Gasteiger partial charge < -0.3 is 43.0 Å². The summed E-state index contributed by atoms with van der Waals surface area (Å²) in [5, 5.41) is 13.0. The number of aliphatic hydroxyl groups is 1. The molecule has 12 heteroatoms. The molecule has 6 aliphatic rings. The first-order chi connectivity index (χ1) is 25.6. The summed E-state index contributed by atoms with van der Waals surface area (Å²) >= 11 is 0. The molecular weight excluding hydrogens is 682 g/mol. The van der Waals surface area contributed by atoms with Crippen molar-refractivity contribution in [1.82, 2.24) is 4.90 Å². The molecule has 1 aliphatic heterocycles. The van der Waals surface area contributed by atoms with Gasteiger partial charge in [-0.05, 0) is 67.4 Å². The summed E-state index contributed by atoms with van der Waals surface area (Å²) in [5.41, 5.74) is -3.34. The van der Waals surface area contributed by atoms with Crippen LogP contribution in [-0.2, 0) is 28.4 Å². The van der Waals surface area contributed by atoms with Crippen molar-refractivity contribution < 1.29 is 52.6 Å². The number of hydrogen-bond donors (Lipinski definition) is 1. The van der Waals surface area contributed by atoms with Crippen LogP contribution in [0.2, 0.25) is 0 Å². The van der Waals surface area contributed by atoms with Crippen LogP contribution < -0.4 is 9.47 Å². The second-order valence-electron chi connectivity index (χ2n) is 15.8. The van der Waals surface area contributed by atoms with Crippen LogP contribution in [0.3, 0.4) is 0 Å². The van der Waals surface area contributed by atoms with E-state index in [0.29, 0.717) is 35.8 Å². The molecule has 8 rings (SSSR count). The first-order valence-corrected chi connectivity index (χ1v) is 18.5. The Morgan fingerprint density at radius 3 is 2.02 bits per heavy atom. The number of methoxy groups -OCH3 is 6. The van der Waals surface area contributed by atoms with Crippen molar-refractivity contribution in [1.29, 1.82) is 0 Å². The number of esters is 2. The van der Waals surface area contributed by atoms with Crippen molar-refractivity contribution in [3.8, 4) is 11.5 Å². The zero-order valence-electron chi connectivity index (χ0n) is 31.5. The van der Waals surface area contributed by atoms with Crippen molar-refractivity contribution in [3.05, 3.63) is 71.8 Å². The summed E-state index contributed by atoms with van der Waals surface area (Å²) < 4.78 is 49.7. The van der Waals surface area contributed by atoms with E-state index >= 15 is 0 Å². The molecule has 1 saturated heterocycles. The molecule has 0 aromatic heterocycles. The summed E-state index contributed by atoms with van der Waals surface area (Å²) in [4.78, 5) is 31.2. The third kappa shape index (κ3) is 4.75. The summed E-state index contributed by atoms with van der Waals surface area (Å²) in [6.07, 6.45) is 2.13. The molecule has 1 spiro atoms. The molecule has 0 unspecified atom stereocenters. The van der Waals surface area contributed by atoms with Gasteiger partial charge in [0.1, 0.15) is 28.8 Å². The maximum absolute atomic E-state index is 14.6. The van der Waals surface area contributed by atoms with Gasteiger partial charge >= 0.3 is 11.9 Å². The quantitative estimate of drug-likeness (QED) is 0.252. The van der Waals surface area contributed by atoms with Crippen LogP contribution in [0, 0.1) is 34.5 Å². The molecule has 1 heterocycles. The van der Waals surface area contributed by atoms with E-state index in [4.69, 9.17) is 37.9 Å². The molecule has 13 atom stereocenters. The van der Waals surface area contributed by atoms with Crippen LogP contribution in [0.4, 0.5) is 0 Å². The first-order valence-electron chi connectivity index (χ1n) is 18.5. The average Bonchev–Trinajstić information content (AvgIpc) is 3.56. The van der Waals surface area contributed by atoms with E-state index in [-0.39, 0.29) is 36.8 Å². The average molecular weight is 734 g/mol. The van der Waals surface area contributed by atoms with Crippen LogP contribution in [0.5, 0.6) is 11.5 Å². The second kappa shape index (κ2) is 13.1. The molecule has 5 fully saturated rings. The Bertz CT molecular complexity index is 1750. The third-order valence-corrected chi connectivity index (χ3v) is 14.1. The molecule has 0 radical (unpaired) electrons. The van der Waals surface area contributed by atoms with Crippen molar-refractivity contribution in [2.45, 2.75) is 61.4 Å². The Morgan fingerprint density at radius 1 is 0.830 bits per heavy atom. The fraction of sp³-hybridized carbons (Fsp3) is 0.610. The molecule has 0 amide bonds. The molecule has 1 N–H and O–H groups in total. The molecular formula is C41H51NO11. The fourth-order valence-electron chi connectivity index (χ4n) is 12.6. The maximum atomic E-state index is 14.6. The van der Waals surface area contributed by atoms with E-state index < -0.39 is 64.1 Å². The van der Waals surface area contributed by atoms with Gasteiger partial charge in [-0.1, -0.05) is 19.1 Å². The fourth-order valence-corrected chi connectivity index (χ4v) is 12.6. The Labute approximate surface area is 310 Å². The lowest BCUT2D eigenvalue weighted by Crippen LogP contribution is -2.77. The lowest BCUT2D eigenvalue weighted by Gasteiger charge is -2.67. The number of carbonyl (C=O) groups is 2. The Kier molecular flexibility index (Phi) is 8.98. The number of piperidine rings is 1. The topological polar surface area (TPSA) is 131 Å². The largest absolute Gasteiger partial charge is 0.497 e. The first kappa shape index (κ1) is 36.5. The molecule has 2 aromatic rings. The molecule has 4 saturated carbocycles. The zero-order chi connectivity index (χ0) is 37.5. The Morgan fingerprint density at radius 2 is 1.47 bits per heavy atom. The second-order valence-corrected chi connectivity index (χ2v) is 15.8. The van der Waals surface area contributed by atoms with Crippen LogP contribution in [0.1, 0.15) is 40.5 Å². The van der Waals surface area contributed by atoms with Gasteiger partial charge in [0.25, 0.3) is 0 Å². The highest BCUT2D eigenvalue weighted by molar-refractivity contribution is 5.90. The Hall–Kier alpha value is -3.52. The van der Waals surface area contributed by atoms with Gasteiger partial charge in [0.15, 0.2) is 0 Å². The minimum Gasteiger partial charge on any atom is -0.497 e. The standard InChI is InChI=1S/C41H51NO11/c1-8-42-21-38(22-46-2)18-17-28(49-5)41-27-19-39(45)29(50-6)20-40(31(34(41)42)32(51-7)33(38)41,53-37(44)24-11-15-26(48-4)16-12-24)30(27)35(39)52-36(43)23-9-13-25(47-3)14-10-23/h9-18,27-35,45H,8,19-22H2,1-7H3/t27-,28+,29+,30-,31+,32+,33-,34-,35-,38+,39-,40-,41+/m1/s1. The van der Waals surface area contributed by atoms with Gasteiger partial charge in [-0.2, -0.15) is 0 Å². The normalized spacial score (nSPS) is 41.5. The van der Waals surface area contributed by atoms with Gasteiger partial charge in [-0.15, -0.1) is 0 Å². The van der Waals surface area contributed by atoms with Gasteiger partial charge in [0, 0.05) is 76.0 Å². The zero-order valence-corrected chi connectivity index (χ0v) is 31.5. The molecule has 12 nitrogen and oxygen atoms in total.